The average Bonchev–Trinajstić information content (AvgIpc) is 3.01. The van der Waals surface area contributed by atoms with Gasteiger partial charge in [0.15, 0.2) is 0 Å². The molecule has 0 bridgehead atoms. The summed E-state index contributed by atoms with van der Waals surface area (Å²) in [6.07, 6.45) is 3.18. The molecule has 0 aliphatic carbocycles. The second-order valence-electron chi connectivity index (χ2n) is 4.91. The lowest BCUT2D eigenvalue weighted by Gasteiger charge is -2.29. The summed E-state index contributed by atoms with van der Waals surface area (Å²) in [6, 6.07) is 5.63. The van der Waals surface area contributed by atoms with Crippen molar-refractivity contribution in [3.05, 3.63) is 35.6 Å². The van der Waals surface area contributed by atoms with Gasteiger partial charge < -0.3 is 10.2 Å². The van der Waals surface area contributed by atoms with Gasteiger partial charge in [0.25, 0.3) is 0 Å². The Morgan fingerprint density at radius 1 is 1.36 bits per heavy atom. The summed E-state index contributed by atoms with van der Waals surface area (Å²) in [4.78, 5) is 14.2. The van der Waals surface area contributed by atoms with Gasteiger partial charge in [0.2, 0.25) is 5.91 Å². The summed E-state index contributed by atoms with van der Waals surface area (Å²) in [7, 11) is 0. The fourth-order valence-electron chi connectivity index (χ4n) is 2.31. The Balaban J connectivity index is 1.65. The van der Waals surface area contributed by atoms with E-state index in [1.807, 2.05) is 23.9 Å². The molecule has 1 aromatic carbocycles. The highest BCUT2D eigenvalue weighted by Gasteiger charge is 2.14. The molecule has 2 aromatic rings. The molecule has 1 saturated heterocycles. The molecule has 116 valence electrons. The quantitative estimate of drug-likeness (QED) is 0.926. The average molecular weight is 338 g/mol. The Morgan fingerprint density at radius 2 is 2.18 bits per heavy atom. The van der Waals surface area contributed by atoms with Crippen LogP contribution in [0.3, 0.4) is 0 Å². The van der Waals surface area contributed by atoms with Gasteiger partial charge in [-0.1, -0.05) is 16.8 Å². The van der Waals surface area contributed by atoms with E-state index in [9.17, 15) is 4.79 Å². The highest BCUT2D eigenvalue weighted by Crippen LogP contribution is 2.30. The number of carbonyl (C=O) groups excluding carboxylic acids is 1. The maximum absolute atomic E-state index is 11.9. The number of nitrogens with one attached hydrogen (secondary N) is 1. The number of hydrogen-bond donors (Lipinski definition) is 1. The van der Waals surface area contributed by atoms with Crippen molar-refractivity contribution in [2.45, 2.75) is 6.54 Å². The van der Waals surface area contributed by atoms with E-state index < -0.39 is 0 Å². The highest BCUT2D eigenvalue weighted by molar-refractivity contribution is 7.99. The van der Waals surface area contributed by atoms with E-state index in [0.29, 0.717) is 10.7 Å². The number of thioether (sulfide) groups is 1. The molecule has 0 radical (unpaired) electrons. The molecule has 0 atom stereocenters. The minimum Gasteiger partial charge on any atom is -0.369 e. The summed E-state index contributed by atoms with van der Waals surface area (Å²) in [6.45, 7) is 2.13. The van der Waals surface area contributed by atoms with Crippen molar-refractivity contribution >= 4 is 40.6 Å². The lowest BCUT2D eigenvalue weighted by atomic mass is 10.2. The number of aromatic nitrogens is 3. The molecule has 0 spiro atoms. The van der Waals surface area contributed by atoms with Crippen molar-refractivity contribution in [3.8, 4) is 0 Å². The van der Waals surface area contributed by atoms with Crippen LogP contribution in [0.25, 0.3) is 0 Å². The largest absolute Gasteiger partial charge is 0.369 e. The molecule has 22 heavy (non-hydrogen) atoms. The normalized spacial score (nSPS) is 14.9. The van der Waals surface area contributed by atoms with Crippen molar-refractivity contribution in [2.75, 3.05) is 34.8 Å². The highest BCUT2D eigenvalue weighted by atomic mass is 35.5. The number of carbonyl (C=O) groups is 1. The molecule has 0 unspecified atom stereocenters. The second kappa shape index (κ2) is 7.02. The van der Waals surface area contributed by atoms with Crippen LogP contribution in [0.5, 0.6) is 0 Å². The van der Waals surface area contributed by atoms with Gasteiger partial charge in [0.1, 0.15) is 6.54 Å². The number of anilines is 2. The van der Waals surface area contributed by atoms with Crippen molar-refractivity contribution in [3.63, 3.8) is 0 Å². The molecule has 1 N–H and O–H groups in total. The summed E-state index contributed by atoms with van der Waals surface area (Å²) < 4.78 is 1.47. The van der Waals surface area contributed by atoms with Crippen LogP contribution in [0.4, 0.5) is 11.4 Å². The molecule has 1 aromatic heterocycles. The number of amides is 1. The van der Waals surface area contributed by atoms with Crippen LogP contribution in [-0.2, 0) is 11.3 Å². The predicted molar refractivity (Wildman–Crippen MR) is 89.6 cm³/mol. The van der Waals surface area contributed by atoms with Crippen molar-refractivity contribution < 1.29 is 4.79 Å². The Kier molecular flexibility index (Phi) is 4.84. The van der Waals surface area contributed by atoms with Crippen LogP contribution in [-0.4, -0.2) is 45.5 Å². The van der Waals surface area contributed by atoms with E-state index in [1.165, 1.54) is 10.9 Å². The Labute approximate surface area is 137 Å². The molecular formula is C14H16ClN5OS. The van der Waals surface area contributed by atoms with Gasteiger partial charge in [-0.15, -0.1) is 5.10 Å². The molecule has 0 saturated carbocycles. The Hall–Kier alpha value is -1.73. The summed E-state index contributed by atoms with van der Waals surface area (Å²) in [5.41, 5.74) is 1.71. The summed E-state index contributed by atoms with van der Waals surface area (Å²) >= 11 is 8.32. The molecule has 1 aliphatic rings. The van der Waals surface area contributed by atoms with Crippen LogP contribution in [0.15, 0.2) is 30.6 Å². The van der Waals surface area contributed by atoms with E-state index in [1.54, 1.807) is 12.3 Å². The van der Waals surface area contributed by atoms with Gasteiger partial charge in [-0.3, -0.25) is 4.79 Å². The maximum Gasteiger partial charge on any atom is 0.246 e. The van der Waals surface area contributed by atoms with Crippen LogP contribution >= 0.6 is 23.4 Å². The minimum absolute atomic E-state index is 0.128. The zero-order chi connectivity index (χ0) is 15.4. The monoisotopic (exact) mass is 337 g/mol. The third kappa shape index (κ3) is 3.72. The Bertz CT molecular complexity index is 643. The first-order valence-corrected chi connectivity index (χ1v) is 8.52. The zero-order valence-corrected chi connectivity index (χ0v) is 13.5. The topological polar surface area (TPSA) is 63.1 Å². The number of benzene rings is 1. The van der Waals surface area contributed by atoms with Gasteiger partial charge in [0.05, 0.1) is 16.9 Å². The zero-order valence-electron chi connectivity index (χ0n) is 11.9. The summed E-state index contributed by atoms with van der Waals surface area (Å²) in [5.74, 6) is 2.07. The smallest absolute Gasteiger partial charge is 0.246 e. The second-order valence-corrected chi connectivity index (χ2v) is 6.55. The van der Waals surface area contributed by atoms with E-state index in [4.69, 9.17) is 11.6 Å². The number of hydrogen-bond acceptors (Lipinski definition) is 5. The van der Waals surface area contributed by atoms with E-state index in [2.05, 4.69) is 20.5 Å². The fourth-order valence-corrected chi connectivity index (χ4v) is 3.51. The third-order valence-corrected chi connectivity index (χ3v) is 4.61. The molecule has 8 heteroatoms. The standard InChI is InChI=1S/C14H16ClN5OS/c15-12-9-11(17-14(21)10-20-4-3-16-18-20)1-2-13(12)19-5-7-22-8-6-19/h1-4,9H,5-8,10H2,(H,17,21). The number of nitrogens with zero attached hydrogens (tertiary/aromatic N) is 4. The lowest BCUT2D eigenvalue weighted by molar-refractivity contribution is -0.116. The molecule has 2 heterocycles. The van der Waals surface area contributed by atoms with Gasteiger partial charge in [-0.2, -0.15) is 11.8 Å². The van der Waals surface area contributed by atoms with Crippen LogP contribution in [0.2, 0.25) is 5.02 Å². The van der Waals surface area contributed by atoms with Crippen LogP contribution in [0.1, 0.15) is 0 Å². The van der Waals surface area contributed by atoms with Crippen LogP contribution in [0, 0.1) is 0 Å². The minimum atomic E-state index is -0.163. The summed E-state index contributed by atoms with van der Waals surface area (Å²) in [5, 5.41) is 10.9. The maximum atomic E-state index is 11.9. The van der Waals surface area contributed by atoms with Gasteiger partial charge in [-0.25, -0.2) is 4.68 Å². The van der Waals surface area contributed by atoms with Crippen molar-refractivity contribution in [1.82, 2.24) is 15.0 Å². The van der Waals surface area contributed by atoms with Crippen LogP contribution < -0.4 is 10.2 Å². The first kappa shape index (κ1) is 15.2. The molecule has 3 rings (SSSR count). The fraction of sp³-hybridized carbons (Fsp3) is 0.357. The Morgan fingerprint density at radius 3 is 2.86 bits per heavy atom. The van der Waals surface area contributed by atoms with E-state index in [0.717, 1.165) is 30.3 Å². The third-order valence-electron chi connectivity index (χ3n) is 3.36. The van der Waals surface area contributed by atoms with Crippen molar-refractivity contribution in [2.24, 2.45) is 0 Å². The van der Waals surface area contributed by atoms with Gasteiger partial charge >= 0.3 is 0 Å². The first-order chi connectivity index (χ1) is 10.7. The van der Waals surface area contributed by atoms with Crippen molar-refractivity contribution in [1.29, 1.82) is 0 Å². The van der Waals surface area contributed by atoms with Gasteiger partial charge in [-0.05, 0) is 18.2 Å². The van der Waals surface area contributed by atoms with E-state index >= 15 is 0 Å². The lowest BCUT2D eigenvalue weighted by Crippen LogP contribution is -2.32. The molecule has 6 nitrogen and oxygen atoms in total. The first-order valence-electron chi connectivity index (χ1n) is 6.98. The number of halogens is 1. The molecular weight excluding hydrogens is 322 g/mol. The number of rotatable bonds is 4. The predicted octanol–water partition coefficient (Wildman–Crippen LogP) is 2.12. The van der Waals surface area contributed by atoms with Gasteiger partial charge in [0, 0.05) is 36.5 Å². The SMILES string of the molecule is O=C(Cn1ccnn1)Nc1ccc(N2CCSCC2)c(Cl)c1. The molecule has 1 fully saturated rings. The molecule has 1 amide bonds. The van der Waals surface area contributed by atoms with E-state index in [-0.39, 0.29) is 12.5 Å². The molecule has 1 aliphatic heterocycles.